The topological polar surface area (TPSA) is 50.7 Å². The third kappa shape index (κ3) is 5.16. The van der Waals surface area contributed by atoms with Gasteiger partial charge in [-0.15, -0.1) is 0 Å². The summed E-state index contributed by atoms with van der Waals surface area (Å²) in [4.78, 5) is 16.5. The van der Waals surface area contributed by atoms with Crippen LogP contribution in [0.5, 0.6) is 0 Å². The Balaban J connectivity index is 2.20. The van der Waals surface area contributed by atoms with Crippen molar-refractivity contribution in [1.29, 1.82) is 0 Å². The zero-order valence-corrected chi connectivity index (χ0v) is 10.9. The number of hydrogen-bond acceptors (Lipinski definition) is 4. The average molecular weight is 284 g/mol. The van der Waals surface area contributed by atoms with E-state index in [4.69, 9.17) is 4.84 Å². The van der Waals surface area contributed by atoms with Crippen LogP contribution >= 0.6 is 11.8 Å². The van der Waals surface area contributed by atoms with Gasteiger partial charge in [0.2, 0.25) is 6.10 Å². The molecule has 0 aromatic heterocycles. The minimum absolute atomic E-state index is 0.0418. The summed E-state index contributed by atoms with van der Waals surface area (Å²) in [7, 11) is 0. The number of oxime groups is 1. The summed E-state index contributed by atoms with van der Waals surface area (Å²) >= 11 is -0.161. The van der Waals surface area contributed by atoms with Crippen molar-refractivity contribution in [3.8, 4) is 0 Å². The number of amides is 1. The second-order valence-electron chi connectivity index (χ2n) is 4.12. The van der Waals surface area contributed by atoms with Crippen molar-refractivity contribution >= 4 is 23.4 Å². The van der Waals surface area contributed by atoms with E-state index in [2.05, 4.69) is 10.5 Å². The van der Waals surface area contributed by atoms with E-state index in [0.717, 1.165) is 5.71 Å². The Morgan fingerprint density at radius 2 is 2.28 bits per heavy atom. The molecule has 1 unspecified atom stereocenters. The number of nitrogens with one attached hydrogen (secondary N) is 1. The number of carbonyl (C=O) groups excluding carboxylic acids is 1. The first-order valence-electron chi connectivity index (χ1n) is 5.50. The lowest BCUT2D eigenvalue weighted by Crippen LogP contribution is -2.36. The summed E-state index contributed by atoms with van der Waals surface area (Å²) in [6, 6.07) is 0. The zero-order valence-electron chi connectivity index (χ0n) is 10.1. The van der Waals surface area contributed by atoms with E-state index in [9.17, 15) is 18.0 Å². The summed E-state index contributed by atoms with van der Waals surface area (Å²) in [5.74, 6) is -0.430. The number of thioether (sulfide) groups is 1. The van der Waals surface area contributed by atoms with Gasteiger partial charge in [0, 0.05) is 18.7 Å². The molecule has 0 saturated heterocycles. The lowest BCUT2D eigenvalue weighted by Gasteiger charge is -2.10. The van der Waals surface area contributed by atoms with E-state index < -0.39 is 17.5 Å². The maximum absolute atomic E-state index is 11.8. The number of hydrogen-bond donors (Lipinski definition) is 1. The van der Waals surface area contributed by atoms with Gasteiger partial charge in [0.1, 0.15) is 0 Å². The quantitative estimate of drug-likeness (QED) is 0.787. The molecular weight excluding hydrogens is 269 g/mol. The molecule has 0 fully saturated rings. The number of rotatable bonds is 5. The fourth-order valence-electron chi connectivity index (χ4n) is 1.33. The Hall–Kier alpha value is -0.920. The third-order valence-corrected chi connectivity index (χ3v) is 3.05. The minimum Gasteiger partial charge on any atom is -0.382 e. The summed E-state index contributed by atoms with van der Waals surface area (Å²) < 4.78 is 35.5. The second-order valence-corrected chi connectivity index (χ2v) is 5.28. The molecule has 4 nitrogen and oxygen atoms in total. The number of carbonyl (C=O) groups is 1. The third-order valence-electron chi connectivity index (χ3n) is 2.32. The molecule has 1 N–H and O–H groups in total. The van der Waals surface area contributed by atoms with Crippen LogP contribution in [0.25, 0.3) is 0 Å². The molecule has 0 spiro atoms. The number of halogens is 3. The molecule has 104 valence electrons. The van der Waals surface area contributed by atoms with E-state index >= 15 is 0 Å². The lowest BCUT2D eigenvalue weighted by atomic mass is 10.0. The Bertz CT molecular complexity index is 332. The van der Waals surface area contributed by atoms with E-state index in [-0.39, 0.29) is 30.0 Å². The highest BCUT2D eigenvalue weighted by atomic mass is 32.2. The first-order valence-corrected chi connectivity index (χ1v) is 6.49. The highest BCUT2D eigenvalue weighted by Crippen LogP contribution is 2.29. The normalized spacial score (nSPS) is 19.7. The van der Waals surface area contributed by atoms with Crippen LogP contribution in [0.3, 0.4) is 0 Å². The molecule has 1 aliphatic rings. The van der Waals surface area contributed by atoms with Crippen molar-refractivity contribution in [2.75, 3.05) is 12.3 Å². The van der Waals surface area contributed by atoms with Crippen molar-refractivity contribution in [3.05, 3.63) is 0 Å². The van der Waals surface area contributed by atoms with Gasteiger partial charge >= 0.3 is 5.51 Å². The Kier molecular flexibility index (Phi) is 5.30. The van der Waals surface area contributed by atoms with Crippen LogP contribution in [-0.2, 0) is 9.63 Å². The van der Waals surface area contributed by atoms with Crippen molar-refractivity contribution in [3.63, 3.8) is 0 Å². The van der Waals surface area contributed by atoms with Crippen molar-refractivity contribution < 1.29 is 22.8 Å². The molecular formula is C10H15F3N2O2S. The highest BCUT2D eigenvalue weighted by molar-refractivity contribution is 8.00. The fraction of sp³-hybridized carbons (Fsp3) is 0.800. The van der Waals surface area contributed by atoms with E-state index in [1.807, 2.05) is 13.8 Å². The number of alkyl halides is 3. The van der Waals surface area contributed by atoms with Gasteiger partial charge in [-0.2, -0.15) is 13.2 Å². The van der Waals surface area contributed by atoms with Crippen LogP contribution in [0.1, 0.15) is 20.3 Å². The van der Waals surface area contributed by atoms with Gasteiger partial charge in [-0.3, -0.25) is 4.79 Å². The minimum atomic E-state index is -4.26. The van der Waals surface area contributed by atoms with Crippen molar-refractivity contribution in [1.82, 2.24) is 5.32 Å². The number of nitrogens with zero attached hydrogens (tertiary/aromatic N) is 1. The molecule has 0 saturated carbocycles. The van der Waals surface area contributed by atoms with Crippen LogP contribution < -0.4 is 5.32 Å². The maximum atomic E-state index is 11.8. The van der Waals surface area contributed by atoms with Crippen molar-refractivity contribution in [2.45, 2.75) is 31.9 Å². The molecule has 0 aromatic carbocycles. The molecule has 1 aliphatic heterocycles. The maximum Gasteiger partial charge on any atom is 0.441 e. The summed E-state index contributed by atoms with van der Waals surface area (Å²) in [6.07, 6.45) is -0.311. The molecule has 1 atom stereocenters. The van der Waals surface area contributed by atoms with Gasteiger partial charge in [0.25, 0.3) is 5.91 Å². The van der Waals surface area contributed by atoms with Crippen LogP contribution in [0.4, 0.5) is 13.2 Å². The molecule has 1 amide bonds. The van der Waals surface area contributed by atoms with Crippen molar-refractivity contribution in [2.24, 2.45) is 11.1 Å². The first-order chi connectivity index (χ1) is 8.29. The zero-order chi connectivity index (χ0) is 13.8. The van der Waals surface area contributed by atoms with Gasteiger partial charge in [-0.25, -0.2) is 0 Å². The van der Waals surface area contributed by atoms with E-state index in [0.29, 0.717) is 6.42 Å². The summed E-state index contributed by atoms with van der Waals surface area (Å²) in [6.45, 7) is 3.82. The summed E-state index contributed by atoms with van der Waals surface area (Å²) in [5, 5.41) is 6.17. The summed E-state index contributed by atoms with van der Waals surface area (Å²) in [5.41, 5.74) is -3.47. The first kappa shape index (κ1) is 15.1. The average Bonchev–Trinajstić information content (AvgIpc) is 2.72. The standard InChI is InChI=1S/C10H15F3N2O2S/c1-6(2)7-5-8(17-15-7)9(16)14-3-4-18-10(11,12)13/h6,8H,3-5H2,1-2H3,(H,14,16). The Morgan fingerprint density at radius 1 is 1.61 bits per heavy atom. The van der Waals surface area contributed by atoms with Gasteiger partial charge in [-0.1, -0.05) is 19.0 Å². The second kappa shape index (κ2) is 6.31. The lowest BCUT2D eigenvalue weighted by molar-refractivity contribution is -0.131. The highest BCUT2D eigenvalue weighted by Gasteiger charge is 2.30. The molecule has 0 aromatic rings. The predicted octanol–water partition coefficient (Wildman–Crippen LogP) is 2.16. The molecule has 0 radical (unpaired) electrons. The van der Waals surface area contributed by atoms with Gasteiger partial charge in [0.05, 0.1) is 5.71 Å². The van der Waals surface area contributed by atoms with Crippen LogP contribution in [0.15, 0.2) is 5.16 Å². The largest absolute Gasteiger partial charge is 0.441 e. The predicted molar refractivity (Wildman–Crippen MR) is 63.3 cm³/mol. The Labute approximate surface area is 107 Å². The molecule has 18 heavy (non-hydrogen) atoms. The van der Waals surface area contributed by atoms with Gasteiger partial charge in [-0.05, 0) is 17.7 Å². The SMILES string of the molecule is CC(C)C1=NOC(C(=O)NCCSC(F)(F)F)C1. The molecule has 1 heterocycles. The van der Waals surface area contributed by atoms with Crippen LogP contribution in [0, 0.1) is 5.92 Å². The molecule has 1 rings (SSSR count). The van der Waals surface area contributed by atoms with Gasteiger partial charge in [0.15, 0.2) is 0 Å². The molecule has 0 aliphatic carbocycles. The monoisotopic (exact) mass is 284 g/mol. The van der Waals surface area contributed by atoms with Crippen LogP contribution in [0.2, 0.25) is 0 Å². The van der Waals surface area contributed by atoms with Gasteiger partial charge < -0.3 is 10.2 Å². The smallest absolute Gasteiger partial charge is 0.382 e. The van der Waals surface area contributed by atoms with Crippen LogP contribution in [-0.4, -0.2) is 35.5 Å². The molecule has 8 heteroatoms. The fourth-order valence-corrected chi connectivity index (χ4v) is 1.77. The van der Waals surface area contributed by atoms with E-state index in [1.165, 1.54) is 0 Å². The Morgan fingerprint density at radius 3 is 2.78 bits per heavy atom. The molecule has 0 bridgehead atoms. The van der Waals surface area contributed by atoms with E-state index in [1.54, 1.807) is 0 Å².